The van der Waals surface area contributed by atoms with Gasteiger partial charge in [0.1, 0.15) is 6.10 Å². The van der Waals surface area contributed by atoms with Crippen LogP contribution < -0.4 is 0 Å². The summed E-state index contributed by atoms with van der Waals surface area (Å²) in [4.78, 5) is 24.4. The van der Waals surface area contributed by atoms with Crippen LogP contribution in [0, 0.1) is 29.6 Å². The fraction of sp³-hybridized carbons (Fsp3) is 0.579. The summed E-state index contributed by atoms with van der Waals surface area (Å²) in [6.07, 6.45) is 7.53. The van der Waals surface area contributed by atoms with Crippen molar-refractivity contribution < 1.29 is 14.3 Å². The molecule has 2 rings (SSSR count). The maximum atomic E-state index is 12.5. The molecule has 2 aliphatic rings. The zero-order valence-corrected chi connectivity index (χ0v) is 14.0. The van der Waals surface area contributed by atoms with E-state index in [9.17, 15) is 9.59 Å². The molecular weight excluding hydrogens is 276 g/mol. The maximum absolute atomic E-state index is 12.5. The molecule has 0 spiro atoms. The Morgan fingerprint density at radius 3 is 2.64 bits per heavy atom. The van der Waals surface area contributed by atoms with Crippen LogP contribution in [0.1, 0.15) is 47.5 Å². The molecule has 2 aliphatic carbocycles. The van der Waals surface area contributed by atoms with E-state index in [2.05, 4.69) is 25.8 Å². The third-order valence-corrected chi connectivity index (χ3v) is 4.88. The monoisotopic (exact) mass is 300 g/mol. The molecule has 3 heteroatoms. The Morgan fingerprint density at radius 2 is 2.09 bits per heavy atom. The summed E-state index contributed by atoms with van der Waals surface area (Å²) >= 11 is 0. The summed E-state index contributed by atoms with van der Waals surface area (Å²) in [7, 11) is 0. The van der Waals surface area contributed by atoms with Crippen molar-refractivity contribution in [1.29, 1.82) is 0 Å². The summed E-state index contributed by atoms with van der Waals surface area (Å²) in [5.74, 6) is 2.39. The van der Waals surface area contributed by atoms with Crippen molar-refractivity contribution in [3.05, 3.63) is 22.8 Å². The lowest BCUT2D eigenvalue weighted by atomic mass is 10.1. The van der Waals surface area contributed by atoms with Gasteiger partial charge in [-0.05, 0) is 37.7 Å². The van der Waals surface area contributed by atoms with E-state index in [4.69, 9.17) is 11.2 Å². The Labute approximate surface area is 132 Å². The van der Waals surface area contributed by atoms with Crippen LogP contribution in [-0.4, -0.2) is 17.9 Å². The van der Waals surface area contributed by atoms with Crippen LogP contribution in [0.2, 0.25) is 0 Å². The van der Waals surface area contributed by atoms with Gasteiger partial charge in [-0.25, -0.2) is 0 Å². The molecule has 0 saturated heterocycles. The first-order valence-corrected chi connectivity index (χ1v) is 7.72. The molecule has 3 atom stereocenters. The van der Waals surface area contributed by atoms with Crippen molar-refractivity contribution in [2.75, 3.05) is 0 Å². The minimum atomic E-state index is -0.438. The van der Waals surface area contributed by atoms with Gasteiger partial charge >= 0.3 is 5.97 Å². The molecular formula is C19H24O3. The zero-order chi connectivity index (χ0) is 16.7. The van der Waals surface area contributed by atoms with Crippen molar-refractivity contribution in [2.45, 2.75) is 53.6 Å². The van der Waals surface area contributed by atoms with Gasteiger partial charge in [-0.1, -0.05) is 25.5 Å². The molecule has 0 N–H and O–H groups in total. The van der Waals surface area contributed by atoms with E-state index in [1.165, 1.54) is 5.57 Å². The molecule has 0 aromatic heterocycles. The van der Waals surface area contributed by atoms with Gasteiger partial charge in [-0.15, -0.1) is 12.3 Å². The molecule has 22 heavy (non-hydrogen) atoms. The minimum Gasteiger partial charge on any atom is -0.457 e. The predicted molar refractivity (Wildman–Crippen MR) is 85.8 cm³/mol. The van der Waals surface area contributed by atoms with Gasteiger partial charge in [0.2, 0.25) is 0 Å². The number of hydrogen-bond donors (Lipinski definition) is 0. The molecule has 118 valence electrons. The number of rotatable bonds is 4. The van der Waals surface area contributed by atoms with E-state index >= 15 is 0 Å². The van der Waals surface area contributed by atoms with E-state index < -0.39 is 6.10 Å². The van der Waals surface area contributed by atoms with Gasteiger partial charge in [0.15, 0.2) is 5.78 Å². The Bertz CT molecular complexity index is 609. The Hall–Kier alpha value is -1.82. The molecule has 0 aliphatic heterocycles. The van der Waals surface area contributed by atoms with Crippen molar-refractivity contribution >= 4 is 11.8 Å². The standard InChI is InChI=1S/C19H24O3/c1-7-8-13-12(4)16(10-15(13)20)22-18(21)17-14(9-11(2)3)19(17,5)6/h1,9,14,16-17H,8,10H2,2-6H3/t14-,16+,17-/m1/s1. The second-order valence-corrected chi connectivity index (χ2v) is 7.16. The second-order valence-electron chi connectivity index (χ2n) is 7.16. The highest BCUT2D eigenvalue weighted by atomic mass is 16.5. The summed E-state index contributed by atoms with van der Waals surface area (Å²) in [6.45, 7) is 10.1. The van der Waals surface area contributed by atoms with Crippen LogP contribution in [0.4, 0.5) is 0 Å². The lowest BCUT2D eigenvalue weighted by molar-refractivity contribution is -0.150. The van der Waals surface area contributed by atoms with Crippen molar-refractivity contribution in [2.24, 2.45) is 17.3 Å². The predicted octanol–water partition coefficient (Wildman–Crippen LogP) is 3.45. The van der Waals surface area contributed by atoms with Crippen LogP contribution >= 0.6 is 0 Å². The Kier molecular flexibility index (Phi) is 4.33. The molecule has 0 heterocycles. The van der Waals surface area contributed by atoms with Gasteiger partial charge in [0, 0.05) is 12.0 Å². The highest BCUT2D eigenvalue weighted by molar-refractivity contribution is 6.00. The van der Waals surface area contributed by atoms with E-state index in [1.54, 1.807) is 0 Å². The smallest absolute Gasteiger partial charge is 0.310 e. The van der Waals surface area contributed by atoms with E-state index in [-0.39, 0.29) is 35.4 Å². The number of ketones is 1. The van der Waals surface area contributed by atoms with E-state index in [0.717, 1.165) is 5.57 Å². The van der Waals surface area contributed by atoms with Crippen molar-refractivity contribution in [1.82, 2.24) is 0 Å². The molecule has 0 unspecified atom stereocenters. The van der Waals surface area contributed by atoms with Crippen molar-refractivity contribution in [3.8, 4) is 12.3 Å². The molecule has 1 saturated carbocycles. The van der Waals surface area contributed by atoms with E-state index in [1.807, 2.05) is 20.8 Å². The quantitative estimate of drug-likeness (QED) is 0.454. The first-order valence-electron chi connectivity index (χ1n) is 7.72. The van der Waals surface area contributed by atoms with Gasteiger partial charge < -0.3 is 4.74 Å². The molecule has 0 radical (unpaired) electrons. The number of carbonyl (C=O) groups excluding carboxylic acids is 2. The third kappa shape index (κ3) is 2.88. The molecule has 0 aromatic rings. The molecule has 1 fully saturated rings. The molecule has 0 aromatic carbocycles. The summed E-state index contributed by atoms with van der Waals surface area (Å²) < 4.78 is 5.63. The first kappa shape index (κ1) is 16.5. The Balaban J connectivity index is 2.07. The first-order chi connectivity index (χ1) is 10.2. The number of hydrogen-bond acceptors (Lipinski definition) is 3. The maximum Gasteiger partial charge on any atom is 0.310 e. The van der Waals surface area contributed by atoms with Gasteiger partial charge in [0.05, 0.1) is 12.3 Å². The second kappa shape index (κ2) is 5.76. The third-order valence-electron chi connectivity index (χ3n) is 4.88. The number of ether oxygens (including phenoxy) is 1. The summed E-state index contributed by atoms with van der Waals surface area (Å²) in [5.41, 5.74) is 2.58. The van der Waals surface area contributed by atoms with Gasteiger partial charge in [-0.3, -0.25) is 9.59 Å². The average Bonchev–Trinajstić information content (AvgIpc) is 2.83. The highest BCUT2D eigenvalue weighted by Crippen LogP contribution is 2.60. The van der Waals surface area contributed by atoms with E-state index in [0.29, 0.717) is 12.0 Å². The Morgan fingerprint density at radius 1 is 1.45 bits per heavy atom. The number of esters is 1. The SMILES string of the molecule is C#CCC1=C(C)[C@@H](OC(=O)[C@H]2[C@@H](C=C(C)C)C2(C)C)CC1=O. The fourth-order valence-electron chi connectivity index (χ4n) is 3.34. The van der Waals surface area contributed by atoms with Gasteiger partial charge in [0.25, 0.3) is 0 Å². The minimum absolute atomic E-state index is 0.00385. The lowest BCUT2D eigenvalue weighted by Gasteiger charge is -2.13. The number of carbonyl (C=O) groups is 2. The zero-order valence-electron chi connectivity index (χ0n) is 14.0. The topological polar surface area (TPSA) is 43.4 Å². The summed E-state index contributed by atoms with van der Waals surface area (Å²) in [5, 5.41) is 0. The highest BCUT2D eigenvalue weighted by Gasteiger charge is 2.61. The van der Waals surface area contributed by atoms with Crippen LogP contribution in [-0.2, 0) is 14.3 Å². The fourth-order valence-corrected chi connectivity index (χ4v) is 3.34. The molecule has 0 amide bonds. The van der Waals surface area contributed by atoms with Crippen LogP contribution in [0.15, 0.2) is 22.8 Å². The molecule has 3 nitrogen and oxygen atoms in total. The summed E-state index contributed by atoms with van der Waals surface area (Å²) in [6, 6.07) is 0. The van der Waals surface area contributed by atoms with Gasteiger partial charge in [-0.2, -0.15) is 0 Å². The van der Waals surface area contributed by atoms with Crippen LogP contribution in [0.3, 0.4) is 0 Å². The number of allylic oxidation sites excluding steroid dienone is 3. The number of terminal acetylenes is 1. The normalized spacial score (nSPS) is 29.1. The number of Topliss-reactive ketones (excluding diaryl/α,β-unsaturated/α-hetero) is 1. The molecule has 0 bridgehead atoms. The average molecular weight is 300 g/mol. The van der Waals surface area contributed by atoms with Crippen LogP contribution in [0.25, 0.3) is 0 Å². The largest absolute Gasteiger partial charge is 0.457 e. The van der Waals surface area contributed by atoms with Crippen molar-refractivity contribution in [3.63, 3.8) is 0 Å². The lowest BCUT2D eigenvalue weighted by Crippen LogP contribution is -2.20. The van der Waals surface area contributed by atoms with Crippen LogP contribution in [0.5, 0.6) is 0 Å².